The smallest absolute Gasteiger partial charge is 0.0348 e. The maximum Gasteiger partial charge on any atom is -0.0348 e. The normalized spacial score (nSPS) is 11.5. The minimum absolute atomic E-state index is 1.19. The largest absolute Gasteiger partial charge is 0.0845 e. The Morgan fingerprint density at radius 1 is 0.923 bits per heavy atom. The van der Waals surface area contributed by atoms with E-state index in [-0.39, 0.29) is 0 Å². The topological polar surface area (TPSA) is 0 Å². The zero-order valence-electron chi connectivity index (χ0n) is 8.71. The molecule has 0 amide bonds. The summed E-state index contributed by atoms with van der Waals surface area (Å²) in [5.41, 5.74) is 0. The number of hydrogen-bond donors (Lipinski definition) is 0. The first-order valence-corrected chi connectivity index (χ1v) is 5.28. The minimum Gasteiger partial charge on any atom is -0.0845 e. The fraction of sp³-hybridized carbons (Fsp3) is 0.538. The Kier molecular flexibility index (Phi) is 10.5. The van der Waals surface area contributed by atoms with Gasteiger partial charge in [0.15, 0.2) is 0 Å². The maximum atomic E-state index is 5.18. The van der Waals surface area contributed by atoms with Crippen molar-refractivity contribution in [2.75, 3.05) is 0 Å². The van der Waals surface area contributed by atoms with Crippen molar-refractivity contribution in [2.24, 2.45) is 0 Å². The van der Waals surface area contributed by atoms with Gasteiger partial charge in [-0.1, -0.05) is 69.6 Å². The van der Waals surface area contributed by atoms with Crippen LogP contribution in [0.25, 0.3) is 0 Å². The van der Waals surface area contributed by atoms with E-state index in [1.165, 1.54) is 38.5 Å². The molecule has 0 aliphatic rings. The van der Waals surface area contributed by atoms with Crippen LogP contribution in [0.5, 0.6) is 0 Å². The molecule has 0 bridgehead atoms. The molecular weight excluding hydrogens is 156 g/mol. The first kappa shape index (κ1) is 12.2. The second-order valence-corrected chi connectivity index (χ2v) is 3.21. The summed E-state index contributed by atoms with van der Waals surface area (Å²) in [4.78, 5) is 0. The van der Waals surface area contributed by atoms with Crippen LogP contribution in [0.15, 0.2) is 30.4 Å². The highest BCUT2D eigenvalue weighted by molar-refractivity contribution is 5.07. The molecule has 0 aromatic heterocycles. The Morgan fingerprint density at radius 2 is 1.69 bits per heavy atom. The second-order valence-electron chi connectivity index (χ2n) is 3.21. The van der Waals surface area contributed by atoms with Gasteiger partial charge in [0.2, 0.25) is 0 Å². The minimum atomic E-state index is 1.19. The predicted molar refractivity (Wildman–Crippen MR) is 60.5 cm³/mol. The molecule has 0 unspecified atom stereocenters. The predicted octanol–water partition coefficient (Wildman–Crippen LogP) is 4.45. The third-order valence-corrected chi connectivity index (χ3v) is 1.94. The lowest BCUT2D eigenvalue weighted by Gasteiger charge is -1.95. The van der Waals surface area contributed by atoms with Gasteiger partial charge in [-0.2, -0.15) is 0 Å². The summed E-state index contributed by atoms with van der Waals surface area (Å²) in [6.07, 6.45) is 17.6. The number of rotatable bonds is 8. The molecule has 0 saturated heterocycles. The van der Waals surface area contributed by atoms with E-state index in [1.54, 1.807) is 6.08 Å². The van der Waals surface area contributed by atoms with Crippen LogP contribution in [0.3, 0.4) is 0 Å². The molecule has 0 heterocycles. The van der Waals surface area contributed by atoms with Crippen molar-refractivity contribution < 1.29 is 0 Å². The molecule has 0 aliphatic carbocycles. The van der Waals surface area contributed by atoms with Gasteiger partial charge >= 0.3 is 0 Å². The van der Waals surface area contributed by atoms with Gasteiger partial charge in [-0.15, -0.1) is 0 Å². The maximum absolute atomic E-state index is 5.18. The van der Waals surface area contributed by atoms with Crippen molar-refractivity contribution in [1.29, 1.82) is 0 Å². The molecule has 0 aromatic rings. The van der Waals surface area contributed by atoms with Gasteiger partial charge in [0.05, 0.1) is 0 Å². The molecule has 0 saturated carbocycles. The molecule has 0 N–H and O–H groups in total. The molecule has 0 aliphatic heterocycles. The average Bonchev–Trinajstić information content (AvgIpc) is 2.16. The average molecular weight is 177 g/mol. The highest BCUT2D eigenvalue weighted by atomic mass is 13.9. The fourth-order valence-corrected chi connectivity index (χ4v) is 1.17. The Balaban J connectivity index is 3.10. The van der Waals surface area contributed by atoms with E-state index in [2.05, 4.69) is 19.1 Å². The number of unbranched alkanes of at least 4 members (excludes halogenated alkanes) is 5. The summed E-state index contributed by atoms with van der Waals surface area (Å²) < 4.78 is 0. The monoisotopic (exact) mass is 177 g/mol. The molecule has 0 fully saturated rings. The zero-order chi connectivity index (χ0) is 9.78. The number of hydrogen-bond acceptors (Lipinski definition) is 0. The lowest BCUT2D eigenvalue weighted by molar-refractivity contribution is 0.637. The molecule has 1 radical (unpaired) electrons. The zero-order valence-corrected chi connectivity index (χ0v) is 8.71. The van der Waals surface area contributed by atoms with E-state index in [4.69, 9.17) is 6.58 Å². The molecule has 13 heavy (non-hydrogen) atoms. The van der Waals surface area contributed by atoms with E-state index in [1.807, 2.05) is 12.2 Å². The van der Waals surface area contributed by atoms with Gasteiger partial charge in [0.1, 0.15) is 0 Å². The molecule has 0 rings (SSSR count). The summed E-state index contributed by atoms with van der Waals surface area (Å²) in [7, 11) is 0. The van der Waals surface area contributed by atoms with Gasteiger partial charge in [-0.3, -0.25) is 0 Å². The third-order valence-electron chi connectivity index (χ3n) is 1.94. The third kappa shape index (κ3) is 11.2. The second kappa shape index (κ2) is 11.2. The van der Waals surface area contributed by atoms with Crippen LogP contribution in [0.4, 0.5) is 0 Å². The lowest BCUT2D eigenvalue weighted by atomic mass is 10.1. The van der Waals surface area contributed by atoms with E-state index in [9.17, 15) is 0 Å². The van der Waals surface area contributed by atoms with Gasteiger partial charge in [0, 0.05) is 0 Å². The lowest BCUT2D eigenvalue weighted by Crippen LogP contribution is -1.75. The molecular formula is C13H21. The SMILES string of the molecule is [CH]=CC=CC=CCCCCCCC. The molecule has 0 atom stereocenters. The Morgan fingerprint density at radius 3 is 2.38 bits per heavy atom. The molecule has 0 nitrogen and oxygen atoms in total. The standard InChI is InChI=1S/C13H21/c1-3-5-7-9-11-13-12-10-8-6-4-2/h1,3,5,7,9,11H,4,6,8,10,12-13H2,2H3. The van der Waals surface area contributed by atoms with Crippen molar-refractivity contribution in [2.45, 2.75) is 45.4 Å². The summed E-state index contributed by atoms with van der Waals surface area (Å²) in [5.74, 6) is 0. The van der Waals surface area contributed by atoms with Crippen molar-refractivity contribution in [1.82, 2.24) is 0 Å². The van der Waals surface area contributed by atoms with Crippen molar-refractivity contribution in [3.63, 3.8) is 0 Å². The van der Waals surface area contributed by atoms with E-state index in [0.717, 1.165) is 0 Å². The Hall–Kier alpha value is -0.780. The van der Waals surface area contributed by atoms with Gasteiger partial charge in [0.25, 0.3) is 0 Å². The number of allylic oxidation sites excluding steroid dienone is 5. The van der Waals surface area contributed by atoms with Crippen LogP contribution >= 0.6 is 0 Å². The molecule has 0 spiro atoms. The first-order valence-electron chi connectivity index (χ1n) is 5.28. The van der Waals surface area contributed by atoms with E-state index >= 15 is 0 Å². The Labute approximate surface area is 83.0 Å². The van der Waals surface area contributed by atoms with Crippen LogP contribution in [0.2, 0.25) is 0 Å². The summed E-state index contributed by atoms with van der Waals surface area (Å²) in [5, 5.41) is 0. The first-order chi connectivity index (χ1) is 6.41. The quantitative estimate of drug-likeness (QED) is 0.379. The van der Waals surface area contributed by atoms with E-state index in [0.29, 0.717) is 0 Å². The van der Waals surface area contributed by atoms with Crippen molar-refractivity contribution >= 4 is 0 Å². The fourth-order valence-electron chi connectivity index (χ4n) is 1.17. The van der Waals surface area contributed by atoms with Crippen LogP contribution in [0, 0.1) is 6.58 Å². The van der Waals surface area contributed by atoms with E-state index < -0.39 is 0 Å². The summed E-state index contributed by atoms with van der Waals surface area (Å²) in [6, 6.07) is 0. The van der Waals surface area contributed by atoms with Gasteiger partial charge < -0.3 is 0 Å². The molecule has 0 heteroatoms. The van der Waals surface area contributed by atoms with Crippen LogP contribution in [-0.4, -0.2) is 0 Å². The highest BCUT2D eigenvalue weighted by Crippen LogP contribution is 2.05. The van der Waals surface area contributed by atoms with Crippen LogP contribution < -0.4 is 0 Å². The van der Waals surface area contributed by atoms with Crippen LogP contribution in [0.1, 0.15) is 45.4 Å². The van der Waals surface area contributed by atoms with Gasteiger partial charge in [-0.25, -0.2) is 0 Å². The summed E-state index contributed by atoms with van der Waals surface area (Å²) >= 11 is 0. The summed E-state index contributed by atoms with van der Waals surface area (Å²) in [6.45, 7) is 7.42. The molecule has 0 aromatic carbocycles. The van der Waals surface area contributed by atoms with Gasteiger partial charge in [-0.05, 0) is 12.8 Å². The Bertz CT molecular complexity index is 151. The van der Waals surface area contributed by atoms with Crippen molar-refractivity contribution in [3.05, 3.63) is 37.0 Å². The highest BCUT2D eigenvalue weighted by Gasteiger charge is 1.85. The van der Waals surface area contributed by atoms with Crippen molar-refractivity contribution in [3.8, 4) is 0 Å². The molecule has 73 valence electrons. The van der Waals surface area contributed by atoms with Crippen LogP contribution in [-0.2, 0) is 0 Å².